The number of benzene rings is 2. The first kappa shape index (κ1) is 22.6. The molecule has 1 amide bonds. The van der Waals surface area contributed by atoms with Crippen LogP contribution < -0.4 is 20.7 Å². The number of hydrogen-bond donors (Lipinski definition) is 3. The van der Waals surface area contributed by atoms with Gasteiger partial charge in [-0.15, -0.1) is 0 Å². The summed E-state index contributed by atoms with van der Waals surface area (Å²) in [6, 6.07) is 12.6. The van der Waals surface area contributed by atoms with Crippen molar-refractivity contribution in [2.24, 2.45) is 0 Å². The molecule has 0 saturated carbocycles. The van der Waals surface area contributed by atoms with Crippen LogP contribution in [0.4, 0.5) is 5.69 Å². The minimum atomic E-state index is -1.86. The third-order valence-corrected chi connectivity index (χ3v) is 4.75. The van der Waals surface area contributed by atoms with Crippen LogP contribution in [-0.4, -0.2) is 28.1 Å². The highest BCUT2D eigenvalue weighted by Crippen LogP contribution is 2.30. The lowest BCUT2D eigenvalue weighted by atomic mass is 10.1. The number of carbonyl (C=O) groups excluding carboxylic acids is 1. The average Bonchev–Trinajstić information content (AvgIpc) is 2.63. The molecule has 0 spiro atoms. The van der Waals surface area contributed by atoms with Crippen molar-refractivity contribution in [2.75, 3.05) is 12.4 Å². The number of aryl methyl sites for hydroxylation is 2. The Kier molecular flexibility index (Phi) is 7.78. The Morgan fingerprint density at radius 1 is 1.11 bits per heavy atom. The van der Waals surface area contributed by atoms with E-state index in [2.05, 4.69) is 16.0 Å². The number of methoxy groups -OCH3 is 1. The summed E-state index contributed by atoms with van der Waals surface area (Å²) in [6.07, 6.45) is -1.08. The maximum Gasteiger partial charge on any atom is 0.256 e. The van der Waals surface area contributed by atoms with Gasteiger partial charge in [-0.25, -0.2) is 0 Å². The smallest absolute Gasteiger partial charge is 0.256 e. The zero-order valence-electron chi connectivity index (χ0n) is 15.5. The normalized spacial score (nSPS) is 12.1. The van der Waals surface area contributed by atoms with E-state index in [4.69, 9.17) is 51.8 Å². The monoisotopic (exact) mass is 459 g/mol. The number of hydrogen-bond acceptors (Lipinski definition) is 3. The van der Waals surface area contributed by atoms with Gasteiger partial charge in [0.2, 0.25) is 3.79 Å². The van der Waals surface area contributed by atoms with Crippen molar-refractivity contribution >= 4 is 63.7 Å². The zero-order chi connectivity index (χ0) is 20.9. The van der Waals surface area contributed by atoms with Crippen molar-refractivity contribution in [3.63, 3.8) is 0 Å². The molecule has 0 aliphatic heterocycles. The molecular formula is C19H20Cl3N3O2S. The van der Waals surface area contributed by atoms with Crippen molar-refractivity contribution in [2.45, 2.75) is 23.8 Å². The van der Waals surface area contributed by atoms with Gasteiger partial charge in [-0.3, -0.25) is 4.79 Å². The van der Waals surface area contributed by atoms with Gasteiger partial charge in [0.1, 0.15) is 11.9 Å². The summed E-state index contributed by atoms with van der Waals surface area (Å²) in [5, 5.41) is 8.74. The highest BCUT2D eigenvalue weighted by Gasteiger charge is 2.35. The van der Waals surface area contributed by atoms with E-state index >= 15 is 0 Å². The van der Waals surface area contributed by atoms with E-state index in [9.17, 15) is 4.79 Å². The van der Waals surface area contributed by atoms with Gasteiger partial charge in [0.25, 0.3) is 5.91 Å². The van der Waals surface area contributed by atoms with Crippen molar-refractivity contribution in [3.05, 3.63) is 59.2 Å². The number of nitrogens with one attached hydrogen (secondary N) is 3. The molecule has 3 N–H and O–H groups in total. The summed E-state index contributed by atoms with van der Waals surface area (Å²) in [4.78, 5) is 12.6. The number of anilines is 1. The number of rotatable bonds is 5. The van der Waals surface area contributed by atoms with E-state index in [0.29, 0.717) is 11.3 Å². The molecule has 28 heavy (non-hydrogen) atoms. The van der Waals surface area contributed by atoms with Crippen molar-refractivity contribution in [1.82, 2.24) is 10.6 Å². The summed E-state index contributed by atoms with van der Waals surface area (Å²) in [5.41, 5.74) is 3.19. The minimum Gasteiger partial charge on any atom is -0.496 e. The molecule has 0 aromatic heterocycles. The maximum atomic E-state index is 12.6. The van der Waals surface area contributed by atoms with Gasteiger partial charge in [-0.05, 0) is 55.4 Å². The first-order valence-electron chi connectivity index (χ1n) is 8.27. The van der Waals surface area contributed by atoms with Crippen molar-refractivity contribution in [3.8, 4) is 5.75 Å². The average molecular weight is 461 g/mol. The van der Waals surface area contributed by atoms with Crippen molar-refractivity contribution < 1.29 is 9.53 Å². The summed E-state index contributed by atoms with van der Waals surface area (Å²) in [7, 11) is 1.47. The predicted molar refractivity (Wildman–Crippen MR) is 120 cm³/mol. The standard InChI is InChI=1S/C19H20Cl3N3O2S/c1-11-8-9-12(2)14(10-11)23-18(28)25-17(19(20,21)22)24-16(26)13-6-4-5-7-15(13)27-3/h4-10,17H,1-3H3,(H,24,26)(H2,23,25,28). The third kappa shape index (κ3) is 6.14. The Labute approximate surface area is 184 Å². The molecule has 0 heterocycles. The lowest BCUT2D eigenvalue weighted by Gasteiger charge is -2.28. The third-order valence-electron chi connectivity index (χ3n) is 3.87. The van der Waals surface area contributed by atoms with E-state index < -0.39 is 15.9 Å². The number of ether oxygens (including phenoxy) is 1. The number of alkyl halides is 3. The Balaban J connectivity index is 2.14. The summed E-state index contributed by atoms with van der Waals surface area (Å²) < 4.78 is 3.34. The topological polar surface area (TPSA) is 62.4 Å². The molecule has 9 heteroatoms. The van der Waals surface area contributed by atoms with Crippen LogP contribution in [0.3, 0.4) is 0 Å². The van der Waals surface area contributed by atoms with Crippen LogP contribution in [0.5, 0.6) is 5.75 Å². The van der Waals surface area contributed by atoms with Crippen LogP contribution in [0.15, 0.2) is 42.5 Å². The molecule has 1 atom stereocenters. The molecule has 0 aliphatic carbocycles. The Hall–Kier alpha value is -1.73. The highest BCUT2D eigenvalue weighted by atomic mass is 35.6. The second-order valence-corrected chi connectivity index (χ2v) is 8.84. The molecule has 1 unspecified atom stereocenters. The Bertz CT molecular complexity index is 872. The van der Waals surface area contributed by atoms with E-state index in [0.717, 1.165) is 16.8 Å². The molecule has 150 valence electrons. The summed E-state index contributed by atoms with van der Waals surface area (Å²) in [6.45, 7) is 3.92. The number of carbonyl (C=O) groups is 1. The Morgan fingerprint density at radius 3 is 2.43 bits per heavy atom. The van der Waals surface area contributed by atoms with Gasteiger partial charge in [0.15, 0.2) is 5.11 Å². The Morgan fingerprint density at radius 2 is 1.79 bits per heavy atom. The summed E-state index contributed by atoms with van der Waals surface area (Å²) in [5.74, 6) is -0.0741. The van der Waals surface area contributed by atoms with Gasteiger partial charge < -0.3 is 20.7 Å². The van der Waals surface area contributed by atoms with Crippen LogP contribution >= 0.6 is 47.0 Å². The molecule has 2 rings (SSSR count). The van der Waals surface area contributed by atoms with Crippen LogP contribution in [0.1, 0.15) is 21.5 Å². The molecule has 0 fully saturated rings. The number of para-hydroxylation sites is 1. The van der Waals surface area contributed by atoms with Gasteiger partial charge in [0.05, 0.1) is 12.7 Å². The number of halogens is 3. The SMILES string of the molecule is COc1ccccc1C(=O)NC(NC(=S)Nc1cc(C)ccc1C)C(Cl)(Cl)Cl. The first-order chi connectivity index (χ1) is 13.1. The van der Waals surface area contributed by atoms with Crippen molar-refractivity contribution in [1.29, 1.82) is 0 Å². The molecule has 0 aliphatic rings. The van der Waals surface area contributed by atoms with Crippen LogP contribution in [0.25, 0.3) is 0 Å². The predicted octanol–water partition coefficient (Wildman–Crippen LogP) is 4.72. The molecule has 0 radical (unpaired) electrons. The van der Waals surface area contributed by atoms with Crippen LogP contribution in [-0.2, 0) is 0 Å². The zero-order valence-corrected chi connectivity index (χ0v) is 18.6. The first-order valence-corrected chi connectivity index (χ1v) is 9.81. The second-order valence-electron chi connectivity index (χ2n) is 6.07. The highest BCUT2D eigenvalue weighted by molar-refractivity contribution is 7.80. The van der Waals surface area contributed by atoms with Gasteiger partial charge in [-0.2, -0.15) is 0 Å². The minimum absolute atomic E-state index is 0.199. The number of amides is 1. The van der Waals surface area contributed by atoms with E-state index in [1.165, 1.54) is 7.11 Å². The second kappa shape index (κ2) is 9.65. The van der Waals surface area contributed by atoms with E-state index in [1.54, 1.807) is 24.3 Å². The van der Waals surface area contributed by atoms with E-state index in [-0.39, 0.29) is 5.11 Å². The van der Waals surface area contributed by atoms with Gasteiger partial charge in [-0.1, -0.05) is 59.1 Å². The lowest BCUT2D eigenvalue weighted by Crippen LogP contribution is -2.56. The molecule has 5 nitrogen and oxygen atoms in total. The molecule has 2 aromatic carbocycles. The fraction of sp³-hybridized carbons (Fsp3) is 0.263. The van der Waals surface area contributed by atoms with Gasteiger partial charge >= 0.3 is 0 Å². The molecule has 2 aromatic rings. The van der Waals surface area contributed by atoms with Gasteiger partial charge in [0, 0.05) is 5.69 Å². The fourth-order valence-electron chi connectivity index (χ4n) is 2.40. The lowest BCUT2D eigenvalue weighted by molar-refractivity contribution is 0.0931. The van der Waals surface area contributed by atoms with Crippen LogP contribution in [0, 0.1) is 13.8 Å². The molecular weight excluding hydrogens is 441 g/mol. The molecule has 0 saturated heterocycles. The van der Waals surface area contributed by atoms with Crippen LogP contribution in [0.2, 0.25) is 0 Å². The largest absolute Gasteiger partial charge is 0.496 e. The fourth-order valence-corrected chi connectivity index (χ4v) is 2.96. The summed E-state index contributed by atoms with van der Waals surface area (Å²) >= 11 is 23.5. The number of thiocarbonyl (C=S) groups is 1. The molecule has 0 bridgehead atoms. The maximum absolute atomic E-state index is 12.6. The quantitative estimate of drug-likeness (QED) is 0.342. The van der Waals surface area contributed by atoms with E-state index in [1.807, 2.05) is 32.0 Å².